The van der Waals surface area contributed by atoms with Crippen molar-refractivity contribution in [1.82, 2.24) is 0 Å². The van der Waals surface area contributed by atoms with E-state index in [1.165, 1.54) is 19.4 Å². The number of ether oxygens (including phenoxy) is 2. The summed E-state index contributed by atoms with van der Waals surface area (Å²) in [6, 6.07) is 0. The molecule has 2 N–H and O–H groups in total. The third-order valence-corrected chi connectivity index (χ3v) is 9.13. The van der Waals surface area contributed by atoms with Gasteiger partial charge in [0.1, 0.15) is 12.2 Å². The Hall–Kier alpha value is -1.84. The van der Waals surface area contributed by atoms with E-state index in [9.17, 15) is 19.8 Å². The Morgan fingerprint density at radius 2 is 1.90 bits per heavy atom. The summed E-state index contributed by atoms with van der Waals surface area (Å²) in [5, 5.41) is 21.8. The molecule has 0 unspecified atom stereocenters. The quantitative estimate of drug-likeness (QED) is 0.398. The second-order valence-electron chi connectivity index (χ2n) is 10.6. The maximum atomic E-state index is 11.9. The molecule has 31 heavy (non-hydrogen) atoms. The van der Waals surface area contributed by atoms with Gasteiger partial charge in [-0.2, -0.15) is 0 Å². The molecule has 0 bridgehead atoms. The van der Waals surface area contributed by atoms with E-state index < -0.39 is 35.3 Å². The van der Waals surface area contributed by atoms with Crippen molar-refractivity contribution >= 4 is 11.9 Å². The van der Waals surface area contributed by atoms with Crippen molar-refractivity contribution in [1.29, 1.82) is 0 Å². The summed E-state index contributed by atoms with van der Waals surface area (Å²) < 4.78 is 11.1. The fraction of sp³-hybridized carbons (Fsp3) is 0.760. The number of aliphatic hydroxyl groups excluding tert-OH is 2. The number of allylic oxidation sites excluding steroid dienone is 1. The molecular weight excluding hydrogens is 396 g/mol. The fourth-order valence-corrected chi connectivity index (χ4v) is 7.71. The van der Waals surface area contributed by atoms with Gasteiger partial charge >= 0.3 is 11.9 Å². The van der Waals surface area contributed by atoms with Crippen LogP contribution in [0.15, 0.2) is 11.6 Å². The molecule has 0 heterocycles. The van der Waals surface area contributed by atoms with Crippen LogP contribution in [0.5, 0.6) is 0 Å². The predicted octanol–water partition coefficient (Wildman–Crippen LogP) is 2.76. The first kappa shape index (κ1) is 22.4. The second kappa shape index (κ2) is 7.35. The molecule has 6 heteroatoms. The molecule has 4 aliphatic carbocycles. The first-order valence-electron chi connectivity index (χ1n) is 11.4. The molecule has 0 radical (unpaired) electrons. The van der Waals surface area contributed by atoms with Crippen LogP contribution >= 0.6 is 0 Å². The summed E-state index contributed by atoms with van der Waals surface area (Å²) in [7, 11) is 0. The lowest BCUT2D eigenvalue weighted by molar-refractivity contribution is -0.180. The lowest BCUT2D eigenvalue weighted by atomic mass is 9.46. The third kappa shape index (κ3) is 3.08. The maximum Gasteiger partial charge on any atom is 0.304 e. The number of carbonyl (C=O) groups excluding carboxylic acids is 2. The first-order chi connectivity index (χ1) is 14.5. The van der Waals surface area contributed by atoms with Crippen LogP contribution in [0.1, 0.15) is 66.2 Å². The highest BCUT2D eigenvalue weighted by Crippen LogP contribution is 2.67. The lowest BCUT2D eigenvalue weighted by Crippen LogP contribution is -2.58. The number of aliphatic hydroxyl groups is 2. The van der Waals surface area contributed by atoms with Crippen LogP contribution < -0.4 is 0 Å². The lowest BCUT2D eigenvalue weighted by Gasteiger charge is -2.59. The molecule has 6 nitrogen and oxygen atoms in total. The van der Waals surface area contributed by atoms with Crippen LogP contribution in [-0.2, 0) is 19.1 Å². The standard InChI is InChI=1S/C25H34O6/c1-6-25(31-15(3)27)22(29)12-19-17-8-7-16-11-21(30-14(2)26)20(28)13-23(16,4)18(17)9-10-24(19,25)5/h1,7,17-22,28-29H,8-13H2,2-5H3/t17-,18+,19+,20-,21-,22-,23+,24+,25+/m1/s1. The predicted molar refractivity (Wildman–Crippen MR) is 113 cm³/mol. The number of carbonyl (C=O) groups is 2. The van der Waals surface area contributed by atoms with Crippen molar-refractivity contribution in [3.05, 3.63) is 11.6 Å². The molecule has 0 aromatic rings. The van der Waals surface area contributed by atoms with Gasteiger partial charge in [-0.15, -0.1) is 6.42 Å². The van der Waals surface area contributed by atoms with E-state index in [1.54, 1.807) is 0 Å². The van der Waals surface area contributed by atoms with E-state index in [4.69, 9.17) is 15.9 Å². The fourth-order valence-electron chi connectivity index (χ4n) is 7.71. The molecule has 170 valence electrons. The van der Waals surface area contributed by atoms with Gasteiger partial charge in [-0.1, -0.05) is 31.4 Å². The SMILES string of the molecule is C#C[C@]1(OC(C)=O)[C@H](O)C[C@H]2[C@@H]3CC=C4C[C@@H](OC(C)=O)[C@H](O)C[C@]4(C)[C@H]3CC[C@@]21C. The van der Waals surface area contributed by atoms with Gasteiger partial charge in [0.2, 0.25) is 5.60 Å². The van der Waals surface area contributed by atoms with Crippen molar-refractivity contribution < 1.29 is 29.3 Å². The average Bonchev–Trinajstić information content (AvgIpc) is 2.89. The van der Waals surface area contributed by atoms with Gasteiger partial charge in [0.05, 0.1) is 6.10 Å². The molecule has 0 aliphatic heterocycles. The van der Waals surface area contributed by atoms with Crippen molar-refractivity contribution in [2.45, 2.75) is 90.1 Å². The van der Waals surface area contributed by atoms with Crippen molar-refractivity contribution in [3.8, 4) is 12.3 Å². The number of rotatable bonds is 2. The summed E-state index contributed by atoms with van der Waals surface area (Å²) in [4.78, 5) is 23.3. The minimum Gasteiger partial charge on any atom is -0.459 e. The van der Waals surface area contributed by atoms with Gasteiger partial charge in [0.15, 0.2) is 0 Å². The Morgan fingerprint density at radius 1 is 1.19 bits per heavy atom. The number of esters is 2. The van der Waals surface area contributed by atoms with Gasteiger partial charge in [0, 0.05) is 25.7 Å². The van der Waals surface area contributed by atoms with Crippen LogP contribution in [0.25, 0.3) is 0 Å². The molecule has 0 amide bonds. The van der Waals surface area contributed by atoms with E-state index in [2.05, 4.69) is 25.8 Å². The van der Waals surface area contributed by atoms with Crippen molar-refractivity contribution in [2.24, 2.45) is 28.6 Å². The largest absolute Gasteiger partial charge is 0.459 e. The van der Waals surface area contributed by atoms with Crippen molar-refractivity contribution in [3.63, 3.8) is 0 Å². The molecule has 4 aliphatic rings. The Balaban J connectivity index is 1.67. The molecule has 0 spiro atoms. The molecule has 3 saturated carbocycles. The van der Waals surface area contributed by atoms with Gasteiger partial charge in [-0.3, -0.25) is 9.59 Å². The Kier molecular flexibility index (Phi) is 5.30. The van der Waals surface area contributed by atoms with Crippen LogP contribution in [0.3, 0.4) is 0 Å². The zero-order chi connectivity index (χ0) is 22.8. The molecule has 3 fully saturated rings. The van der Waals surface area contributed by atoms with Crippen LogP contribution in [0.4, 0.5) is 0 Å². The van der Waals surface area contributed by atoms with Crippen LogP contribution in [0, 0.1) is 40.9 Å². The number of terminal acetylenes is 1. The highest BCUT2D eigenvalue weighted by molar-refractivity contribution is 5.67. The Bertz CT molecular complexity index is 857. The van der Waals surface area contributed by atoms with Crippen LogP contribution in [-0.4, -0.2) is 46.1 Å². The minimum absolute atomic E-state index is 0.120. The van der Waals surface area contributed by atoms with E-state index in [0.717, 1.165) is 19.3 Å². The molecule has 0 saturated heterocycles. The summed E-state index contributed by atoms with van der Waals surface area (Å²) in [5.41, 5.74) is -0.723. The normalized spacial score (nSPS) is 48.4. The highest BCUT2D eigenvalue weighted by Gasteiger charge is 2.69. The molecule has 4 rings (SSSR count). The second-order valence-corrected chi connectivity index (χ2v) is 10.6. The first-order valence-corrected chi connectivity index (χ1v) is 11.4. The van der Waals surface area contributed by atoms with Gasteiger partial charge in [-0.05, 0) is 55.3 Å². The van der Waals surface area contributed by atoms with E-state index in [0.29, 0.717) is 25.2 Å². The zero-order valence-corrected chi connectivity index (χ0v) is 18.9. The summed E-state index contributed by atoms with van der Waals surface area (Å²) in [6.45, 7) is 7.01. The molecule has 0 aromatic carbocycles. The third-order valence-electron chi connectivity index (χ3n) is 9.13. The Labute approximate surface area is 184 Å². The minimum atomic E-state index is -1.30. The molecule has 9 atom stereocenters. The smallest absolute Gasteiger partial charge is 0.304 e. The summed E-state index contributed by atoms with van der Waals surface area (Å²) in [5.74, 6) is 2.59. The van der Waals surface area contributed by atoms with Gasteiger partial charge in [-0.25, -0.2) is 0 Å². The summed E-state index contributed by atoms with van der Waals surface area (Å²) >= 11 is 0. The molecular formula is C25H34O6. The number of fused-ring (bicyclic) bond motifs is 5. The van der Waals surface area contributed by atoms with E-state index in [-0.39, 0.29) is 23.2 Å². The number of hydrogen-bond donors (Lipinski definition) is 2. The monoisotopic (exact) mass is 430 g/mol. The topological polar surface area (TPSA) is 93.1 Å². The van der Waals surface area contributed by atoms with Gasteiger partial charge in [0.25, 0.3) is 0 Å². The van der Waals surface area contributed by atoms with E-state index in [1.807, 2.05) is 0 Å². The average molecular weight is 431 g/mol. The summed E-state index contributed by atoms with van der Waals surface area (Å²) in [6.07, 6.45) is 10.2. The highest BCUT2D eigenvalue weighted by atomic mass is 16.6. The maximum absolute atomic E-state index is 11.9. The zero-order valence-electron chi connectivity index (χ0n) is 18.9. The molecule has 0 aromatic heterocycles. The van der Waals surface area contributed by atoms with Gasteiger partial charge < -0.3 is 19.7 Å². The Morgan fingerprint density at radius 3 is 2.52 bits per heavy atom. The van der Waals surface area contributed by atoms with E-state index >= 15 is 0 Å². The van der Waals surface area contributed by atoms with Crippen molar-refractivity contribution in [2.75, 3.05) is 0 Å². The number of hydrogen-bond acceptors (Lipinski definition) is 6. The van der Waals surface area contributed by atoms with Crippen LogP contribution in [0.2, 0.25) is 0 Å².